The van der Waals surface area contributed by atoms with Crippen molar-refractivity contribution in [3.63, 3.8) is 0 Å². The summed E-state index contributed by atoms with van der Waals surface area (Å²) in [6.45, 7) is 3.94. The number of nitrogens with zero attached hydrogens (tertiary/aromatic N) is 6. The van der Waals surface area contributed by atoms with Gasteiger partial charge < -0.3 is 14.5 Å². The van der Waals surface area contributed by atoms with E-state index in [-0.39, 0.29) is 11.8 Å². The van der Waals surface area contributed by atoms with Crippen LogP contribution in [0.3, 0.4) is 0 Å². The maximum absolute atomic E-state index is 12.8. The molecule has 1 aliphatic rings. The summed E-state index contributed by atoms with van der Waals surface area (Å²) in [5.74, 6) is 1.85. The van der Waals surface area contributed by atoms with Crippen LogP contribution in [0.1, 0.15) is 36.4 Å². The maximum Gasteiger partial charge on any atom is 0.225 e. The Balaban J connectivity index is 1.39. The van der Waals surface area contributed by atoms with Gasteiger partial charge in [0.05, 0.1) is 12.3 Å². The standard InChI is InChI=1S/C25H30N6O2/c1-18-7-4-5-8-22(18)33-12-6-9-23(32)31-11-10-19(16-31)24-21(20-13-26-17-27-14-20)15-28-25(29-24)30(2)3/h4-5,7-8,13-15,17,19H,6,9-12,16H2,1-3H3/t19-/m0/s1. The van der Waals surface area contributed by atoms with Gasteiger partial charge in [-0.25, -0.2) is 19.9 Å². The van der Waals surface area contributed by atoms with Crippen molar-refractivity contribution < 1.29 is 9.53 Å². The molecule has 1 amide bonds. The number of anilines is 1. The lowest BCUT2D eigenvalue weighted by atomic mass is 9.97. The van der Waals surface area contributed by atoms with Crippen molar-refractivity contribution in [1.29, 1.82) is 0 Å². The van der Waals surface area contributed by atoms with Gasteiger partial charge in [-0.2, -0.15) is 0 Å². The zero-order valence-corrected chi connectivity index (χ0v) is 19.4. The molecule has 1 fully saturated rings. The van der Waals surface area contributed by atoms with E-state index in [1.807, 2.05) is 61.3 Å². The van der Waals surface area contributed by atoms with Crippen LogP contribution in [0, 0.1) is 6.92 Å². The van der Waals surface area contributed by atoms with E-state index in [0.717, 1.165) is 41.1 Å². The minimum absolute atomic E-state index is 0.147. The summed E-state index contributed by atoms with van der Waals surface area (Å²) in [6.07, 6.45) is 8.94. The normalized spacial score (nSPS) is 15.5. The molecule has 1 saturated heterocycles. The number of hydrogen-bond acceptors (Lipinski definition) is 7. The molecule has 0 spiro atoms. The molecule has 4 rings (SSSR count). The molecule has 0 saturated carbocycles. The van der Waals surface area contributed by atoms with Gasteiger partial charge >= 0.3 is 0 Å². The molecular weight excluding hydrogens is 416 g/mol. The number of benzene rings is 1. The van der Waals surface area contributed by atoms with Crippen LogP contribution in [-0.4, -0.2) is 64.5 Å². The number of carbonyl (C=O) groups excluding carboxylic acids is 1. The fraction of sp³-hybridized carbons (Fsp3) is 0.400. The average molecular weight is 447 g/mol. The van der Waals surface area contributed by atoms with Crippen molar-refractivity contribution in [3.05, 3.63) is 60.4 Å². The monoisotopic (exact) mass is 446 g/mol. The van der Waals surface area contributed by atoms with E-state index in [1.165, 1.54) is 6.33 Å². The number of carbonyl (C=O) groups is 1. The van der Waals surface area contributed by atoms with Crippen molar-refractivity contribution >= 4 is 11.9 Å². The van der Waals surface area contributed by atoms with E-state index in [9.17, 15) is 4.79 Å². The van der Waals surface area contributed by atoms with E-state index in [4.69, 9.17) is 9.72 Å². The highest BCUT2D eigenvalue weighted by molar-refractivity contribution is 5.76. The van der Waals surface area contributed by atoms with E-state index in [1.54, 1.807) is 12.4 Å². The molecule has 0 radical (unpaired) electrons. The summed E-state index contributed by atoms with van der Waals surface area (Å²) in [7, 11) is 3.85. The lowest BCUT2D eigenvalue weighted by Crippen LogP contribution is -2.28. The molecular formula is C25H30N6O2. The number of hydrogen-bond donors (Lipinski definition) is 0. The lowest BCUT2D eigenvalue weighted by Gasteiger charge is -2.19. The second kappa shape index (κ2) is 10.4. The van der Waals surface area contributed by atoms with Gasteiger partial charge in [0, 0.05) is 69.2 Å². The van der Waals surface area contributed by atoms with Gasteiger partial charge in [-0.15, -0.1) is 0 Å². The molecule has 1 aliphatic heterocycles. The predicted molar refractivity (Wildman–Crippen MR) is 127 cm³/mol. The fourth-order valence-corrected chi connectivity index (χ4v) is 4.06. The van der Waals surface area contributed by atoms with Gasteiger partial charge in [0.25, 0.3) is 0 Å². The molecule has 33 heavy (non-hydrogen) atoms. The molecule has 2 aromatic heterocycles. The Labute approximate surface area is 194 Å². The van der Waals surface area contributed by atoms with Crippen molar-refractivity contribution in [2.24, 2.45) is 0 Å². The highest BCUT2D eigenvalue weighted by Gasteiger charge is 2.30. The van der Waals surface area contributed by atoms with Crippen LogP contribution in [0.25, 0.3) is 11.1 Å². The van der Waals surface area contributed by atoms with E-state index < -0.39 is 0 Å². The number of ether oxygens (including phenoxy) is 1. The van der Waals surface area contributed by atoms with E-state index in [2.05, 4.69) is 15.0 Å². The molecule has 0 aliphatic carbocycles. The van der Waals surface area contributed by atoms with Crippen molar-refractivity contribution in [2.75, 3.05) is 38.7 Å². The van der Waals surface area contributed by atoms with E-state index >= 15 is 0 Å². The summed E-state index contributed by atoms with van der Waals surface area (Å²) >= 11 is 0. The molecule has 8 heteroatoms. The molecule has 0 bridgehead atoms. The van der Waals surface area contributed by atoms with Gasteiger partial charge in [-0.05, 0) is 31.4 Å². The van der Waals surface area contributed by atoms with Crippen LogP contribution in [0.2, 0.25) is 0 Å². The SMILES string of the molecule is Cc1ccccc1OCCCC(=O)N1CC[C@H](c2nc(N(C)C)ncc2-c2cncnc2)C1. The van der Waals surface area contributed by atoms with Crippen LogP contribution in [0.15, 0.2) is 49.2 Å². The highest BCUT2D eigenvalue weighted by atomic mass is 16.5. The van der Waals surface area contributed by atoms with Crippen LogP contribution in [0.4, 0.5) is 5.95 Å². The first-order valence-electron chi connectivity index (χ1n) is 11.3. The molecule has 0 unspecified atom stereocenters. The predicted octanol–water partition coefficient (Wildman–Crippen LogP) is 3.48. The van der Waals surface area contributed by atoms with Crippen molar-refractivity contribution in [1.82, 2.24) is 24.8 Å². The van der Waals surface area contributed by atoms with E-state index in [0.29, 0.717) is 31.9 Å². The molecule has 1 atom stereocenters. The van der Waals surface area contributed by atoms with Crippen molar-refractivity contribution in [3.8, 4) is 16.9 Å². The topological polar surface area (TPSA) is 84.3 Å². The third kappa shape index (κ3) is 5.45. The number of para-hydroxylation sites is 1. The Bertz CT molecular complexity index is 1090. The Morgan fingerprint density at radius 1 is 1.18 bits per heavy atom. The lowest BCUT2D eigenvalue weighted by molar-refractivity contribution is -0.130. The average Bonchev–Trinajstić information content (AvgIpc) is 3.33. The van der Waals surface area contributed by atoms with Crippen LogP contribution >= 0.6 is 0 Å². The Morgan fingerprint density at radius 2 is 1.97 bits per heavy atom. The maximum atomic E-state index is 12.8. The molecule has 3 aromatic rings. The fourth-order valence-electron chi connectivity index (χ4n) is 4.06. The Morgan fingerprint density at radius 3 is 2.73 bits per heavy atom. The molecule has 0 N–H and O–H groups in total. The number of likely N-dealkylation sites (tertiary alicyclic amines) is 1. The van der Waals surface area contributed by atoms with Crippen molar-refractivity contribution in [2.45, 2.75) is 32.1 Å². The summed E-state index contributed by atoms with van der Waals surface area (Å²) < 4.78 is 5.84. The Hall–Kier alpha value is -3.55. The zero-order valence-electron chi connectivity index (χ0n) is 19.4. The first kappa shape index (κ1) is 22.6. The number of amides is 1. The largest absolute Gasteiger partial charge is 0.493 e. The number of aryl methyl sites for hydroxylation is 1. The quantitative estimate of drug-likeness (QED) is 0.490. The first-order valence-corrected chi connectivity index (χ1v) is 11.3. The van der Waals surface area contributed by atoms with Gasteiger partial charge in [0.2, 0.25) is 11.9 Å². The second-order valence-electron chi connectivity index (χ2n) is 8.53. The number of rotatable bonds is 8. The zero-order chi connectivity index (χ0) is 23.2. The summed E-state index contributed by atoms with van der Waals surface area (Å²) in [6, 6.07) is 7.93. The molecule has 8 nitrogen and oxygen atoms in total. The minimum Gasteiger partial charge on any atom is -0.493 e. The highest BCUT2D eigenvalue weighted by Crippen LogP contribution is 2.34. The van der Waals surface area contributed by atoms with Crippen LogP contribution < -0.4 is 9.64 Å². The molecule has 1 aromatic carbocycles. The van der Waals surface area contributed by atoms with Crippen LogP contribution in [0.5, 0.6) is 5.75 Å². The minimum atomic E-state index is 0.147. The number of aromatic nitrogens is 4. The third-order valence-electron chi connectivity index (χ3n) is 5.89. The molecule has 172 valence electrons. The van der Waals surface area contributed by atoms with Gasteiger partial charge in [0.1, 0.15) is 12.1 Å². The summed E-state index contributed by atoms with van der Waals surface area (Å²) in [4.78, 5) is 34.3. The van der Waals surface area contributed by atoms with Gasteiger partial charge in [-0.3, -0.25) is 4.79 Å². The van der Waals surface area contributed by atoms with Crippen LogP contribution in [-0.2, 0) is 4.79 Å². The third-order valence-corrected chi connectivity index (χ3v) is 5.89. The Kier molecular flexibility index (Phi) is 7.12. The first-order chi connectivity index (χ1) is 16.0. The molecule has 3 heterocycles. The van der Waals surface area contributed by atoms with Gasteiger partial charge in [-0.1, -0.05) is 18.2 Å². The second-order valence-corrected chi connectivity index (χ2v) is 8.53. The van der Waals surface area contributed by atoms with Gasteiger partial charge in [0.15, 0.2) is 0 Å². The summed E-state index contributed by atoms with van der Waals surface area (Å²) in [5, 5.41) is 0. The summed E-state index contributed by atoms with van der Waals surface area (Å²) in [5.41, 5.74) is 3.86. The smallest absolute Gasteiger partial charge is 0.225 e.